The highest BCUT2D eigenvalue weighted by atomic mass is 32.2. The summed E-state index contributed by atoms with van der Waals surface area (Å²) in [6.07, 6.45) is 0.171. The average molecular weight is 528 g/mol. The molecule has 10 heteroatoms. The summed E-state index contributed by atoms with van der Waals surface area (Å²) in [6, 6.07) is 16.8. The SMILES string of the molecule is COc1ccc(C[C@H](NC(=O)c2ccc(F)cc2)C(=O)Nc2ccc(S(=O)(=O)NC(C)(C)C)cc2)cc1. The van der Waals surface area contributed by atoms with Crippen molar-refractivity contribution < 1.29 is 27.1 Å². The summed E-state index contributed by atoms with van der Waals surface area (Å²) in [5.41, 5.74) is 0.684. The van der Waals surface area contributed by atoms with Crippen LogP contribution in [0.25, 0.3) is 0 Å². The van der Waals surface area contributed by atoms with Crippen LogP contribution in [0.1, 0.15) is 36.7 Å². The van der Waals surface area contributed by atoms with Crippen molar-refractivity contribution >= 4 is 27.5 Å². The molecule has 3 aromatic rings. The molecule has 0 saturated carbocycles. The Kier molecular flexibility index (Phi) is 8.67. The molecule has 37 heavy (non-hydrogen) atoms. The molecule has 0 radical (unpaired) electrons. The average Bonchev–Trinajstić information content (AvgIpc) is 2.83. The van der Waals surface area contributed by atoms with Crippen LogP contribution in [-0.2, 0) is 21.2 Å². The van der Waals surface area contributed by atoms with Gasteiger partial charge in [-0.25, -0.2) is 17.5 Å². The van der Waals surface area contributed by atoms with Gasteiger partial charge in [-0.05, 0) is 87.0 Å². The predicted octanol–water partition coefficient (Wildman–Crippen LogP) is 3.89. The maximum atomic E-state index is 13.3. The number of methoxy groups -OCH3 is 1. The van der Waals surface area contributed by atoms with E-state index in [1.807, 2.05) is 0 Å². The van der Waals surface area contributed by atoms with Crippen molar-refractivity contribution in [2.24, 2.45) is 0 Å². The lowest BCUT2D eigenvalue weighted by molar-refractivity contribution is -0.118. The third-order valence-corrected chi connectivity index (χ3v) is 6.97. The summed E-state index contributed by atoms with van der Waals surface area (Å²) in [5.74, 6) is -0.874. The Morgan fingerprint density at radius 2 is 1.51 bits per heavy atom. The number of sulfonamides is 1. The lowest BCUT2D eigenvalue weighted by Crippen LogP contribution is -2.45. The summed E-state index contributed by atoms with van der Waals surface area (Å²) in [5, 5.41) is 5.42. The minimum atomic E-state index is -3.73. The molecule has 0 bridgehead atoms. The quantitative estimate of drug-likeness (QED) is 0.391. The standard InChI is InChI=1S/C27H30FN3O5S/c1-27(2,3)31-37(34,35)23-15-11-21(12-16-23)29-26(33)24(17-18-5-13-22(36-4)14-6-18)30-25(32)19-7-9-20(28)10-8-19/h5-16,24,31H,17H2,1-4H3,(H,29,33)(H,30,32)/t24-/m0/s1. The Bertz CT molecular complexity index is 1330. The molecule has 0 fully saturated rings. The molecule has 0 unspecified atom stereocenters. The van der Waals surface area contributed by atoms with Crippen molar-refractivity contribution in [2.75, 3.05) is 12.4 Å². The fourth-order valence-electron chi connectivity index (χ4n) is 3.46. The molecule has 0 aliphatic carbocycles. The van der Waals surface area contributed by atoms with E-state index in [4.69, 9.17) is 4.74 Å². The fourth-order valence-corrected chi connectivity index (χ4v) is 4.88. The van der Waals surface area contributed by atoms with Gasteiger partial charge in [0.05, 0.1) is 12.0 Å². The van der Waals surface area contributed by atoms with Crippen LogP contribution >= 0.6 is 0 Å². The van der Waals surface area contributed by atoms with E-state index in [0.29, 0.717) is 11.4 Å². The van der Waals surface area contributed by atoms with E-state index in [0.717, 1.165) is 17.7 Å². The van der Waals surface area contributed by atoms with Crippen LogP contribution in [0, 0.1) is 5.82 Å². The second kappa shape index (κ2) is 11.5. The highest BCUT2D eigenvalue weighted by molar-refractivity contribution is 7.89. The van der Waals surface area contributed by atoms with Crippen molar-refractivity contribution in [3.05, 3.63) is 89.7 Å². The van der Waals surface area contributed by atoms with Gasteiger partial charge in [0.15, 0.2) is 0 Å². The molecule has 0 aliphatic rings. The van der Waals surface area contributed by atoms with Gasteiger partial charge in [0.2, 0.25) is 15.9 Å². The van der Waals surface area contributed by atoms with Crippen LogP contribution in [0.3, 0.4) is 0 Å². The first kappa shape index (κ1) is 27.8. The second-order valence-corrected chi connectivity index (χ2v) is 11.1. The summed E-state index contributed by atoms with van der Waals surface area (Å²) >= 11 is 0. The van der Waals surface area contributed by atoms with Gasteiger partial charge in [-0.3, -0.25) is 9.59 Å². The molecular weight excluding hydrogens is 497 g/mol. The van der Waals surface area contributed by atoms with E-state index in [2.05, 4.69) is 15.4 Å². The van der Waals surface area contributed by atoms with Gasteiger partial charge in [-0.1, -0.05) is 12.1 Å². The normalized spacial score (nSPS) is 12.5. The van der Waals surface area contributed by atoms with Crippen molar-refractivity contribution in [1.82, 2.24) is 10.0 Å². The predicted molar refractivity (Wildman–Crippen MR) is 139 cm³/mol. The van der Waals surface area contributed by atoms with Gasteiger partial charge in [-0.15, -0.1) is 0 Å². The third kappa shape index (κ3) is 8.12. The number of amides is 2. The number of hydrogen-bond acceptors (Lipinski definition) is 5. The number of anilines is 1. The third-order valence-electron chi connectivity index (χ3n) is 5.20. The number of hydrogen-bond donors (Lipinski definition) is 3. The second-order valence-electron chi connectivity index (χ2n) is 9.45. The van der Waals surface area contributed by atoms with Crippen LogP contribution in [0.4, 0.5) is 10.1 Å². The number of carbonyl (C=O) groups excluding carboxylic acids is 2. The molecular formula is C27H30FN3O5S. The van der Waals surface area contributed by atoms with E-state index in [-0.39, 0.29) is 16.9 Å². The Balaban J connectivity index is 1.79. The first-order chi connectivity index (χ1) is 17.4. The summed E-state index contributed by atoms with van der Waals surface area (Å²) in [7, 11) is -2.19. The summed E-state index contributed by atoms with van der Waals surface area (Å²) in [6.45, 7) is 5.22. The van der Waals surface area contributed by atoms with Crippen molar-refractivity contribution in [3.63, 3.8) is 0 Å². The van der Waals surface area contributed by atoms with Gasteiger partial charge in [0.1, 0.15) is 17.6 Å². The number of rotatable bonds is 9. The molecule has 196 valence electrons. The zero-order valence-corrected chi connectivity index (χ0v) is 21.9. The molecule has 3 aromatic carbocycles. The molecule has 0 spiro atoms. The number of carbonyl (C=O) groups is 2. The topological polar surface area (TPSA) is 114 Å². The Morgan fingerprint density at radius 1 is 0.919 bits per heavy atom. The van der Waals surface area contributed by atoms with Crippen LogP contribution in [0.2, 0.25) is 0 Å². The van der Waals surface area contributed by atoms with Gasteiger partial charge >= 0.3 is 0 Å². The van der Waals surface area contributed by atoms with Gasteiger partial charge < -0.3 is 15.4 Å². The zero-order chi connectivity index (χ0) is 27.2. The number of ether oxygens (including phenoxy) is 1. The van der Waals surface area contributed by atoms with E-state index >= 15 is 0 Å². The van der Waals surface area contributed by atoms with E-state index in [1.54, 1.807) is 52.1 Å². The van der Waals surface area contributed by atoms with E-state index < -0.39 is 39.2 Å². The minimum absolute atomic E-state index is 0.0554. The summed E-state index contributed by atoms with van der Waals surface area (Å²) in [4.78, 5) is 26.0. The molecule has 2 amide bonds. The van der Waals surface area contributed by atoms with Gasteiger partial charge in [-0.2, -0.15) is 0 Å². The molecule has 0 aromatic heterocycles. The molecule has 0 aliphatic heterocycles. The molecule has 3 rings (SSSR count). The highest BCUT2D eigenvalue weighted by Crippen LogP contribution is 2.18. The van der Waals surface area contributed by atoms with Crippen LogP contribution in [-0.4, -0.2) is 38.9 Å². The Hall–Kier alpha value is -3.76. The number of halogens is 1. The van der Waals surface area contributed by atoms with Crippen LogP contribution in [0.15, 0.2) is 77.7 Å². The first-order valence-corrected chi connectivity index (χ1v) is 13.0. The van der Waals surface area contributed by atoms with Gasteiger partial charge in [0.25, 0.3) is 5.91 Å². The minimum Gasteiger partial charge on any atom is -0.497 e. The van der Waals surface area contributed by atoms with Crippen LogP contribution in [0.5, 0.6) is 5.75 Å². The molecule has 1 atom stereocenters. The van der Waals surface area contributed by atoms with Crippen molar-refractivity contribution in [3.8, 4) is 5.75 Å². The lowest BCUT2D eigenvalue weighted by Gasteiger charge is -2.21. The maximum Gasteiger partial charge on any atom is 0.251 e. The molecule has 8 nitrogen and oxygen atoms in total. The Morgan fingerprint density at radius 3 is 2.05 bits per heavy atom. The van der Waals surface area contributed by atoms with Crippen molar-refractivity contribution in [2.45, 2.75) is 43.7 Å². The Labute approximate surface area is 216 Å². The van der Waals surface area contributed by atoms with E-state index in [9.17, 15) is 22.4 Å². The maximum absolute atomic E-state index is 13.3. The molecule has 0 heterocycles. The monoisotopic (exact) mass is 527 g/mol. The smallest absolute Gasteiger partial charge is 0.251 e. The van der Waals surface area contributed by atoms with Crippen molar-refractivity contribution in [1.29, 1.82) is 0 Å². The fraction of sp³-hybridized carbons (Fsp3) is 0.259. The van der Waals surface area contributed by atoms with Crippen LogP contribution < -0.4 is 20.1 Å². The summed E-state index contributed by atoms with van der Waals surface area (Å²) < 4.78 is 46.1. The number of benzene rings is 3. The first-order valence-electron chi connectivity index (χ1n) is 11.5. The largest absolute Gasteiger partial charge is 0.497 e. The lowest BCUT2D eigenvalue weighted by atomic mass is 10.0. The molecule has 3 N–H and O–H groups in total. The van der Waals surface area contributed by atoms with Gasteiger partial charge in [0, 0.05) is 23.2 Å². The number of nitrogens with one attached hydrogen (secondary N) is 3. The molecule has 0 saturated heterocycles. The zero-order valence-electron chi connectivity index (χ0n) is 21.0. The van der Waals surface area contributed by atoms with E-state index in [1.165, 1.54) is 36.4 Å². The highest BCUT2D eigenvalue weighted by Gasteiger charge is 2.24.